The number of nitrogens with one attached hydrogen (secondary N) is 2. The topological polar surface area (TPSA) is 61.4 Å². The molecule has 2 N–H and O–H groups in total. The molecule has 5 heteroatoms. The van der Waals surface area contributed by atoms with Gasteiger partial charge < -0.3 is 10.6 Å². The Morgan fingerprint density at radius 1 is 1.04 bits per heavy atom. The summed E-state index contributed by atoms with van der Waals surface area (Å²) < 4.78 is 0. The molecule has 2 aromatic carbocycles. The van der Waals surface area contributed by atoms with Crippen LogP contribution in [0.5, 0.6) is 0 Å². The van der Waals surface area contributed by atoms with E-state index in [0.717, 1.165) is 35.5 Å². The number of hydrogen-bond donors (Lipinski definition) is 2. The molecule has 1 fully saturated rings. The van der Waals surface area contributed by atoms with E-state index in [0.29, 0.717) is 13.0 Å². The van der Waals surface area contributed by atoms with E-state index in [4.69, 9.17) is 0 Å². The number of rotatable bonds is 4. The van der Waals surface area contributed by atoms with Crippen LogP contribution in [-0.2, 0) is 16.0 Å². The van der Waals surface area contributed by atoms with Crippen LogP contribution >= 0.6 is 0 Å². The summed E-state index contributed by atoms with van der Waals surface area (Å²) in [6, 6.07) is 15.7. The van der Waals surface area contributed by atoms with Crippen molar-refractivity contribution in [3.8, 4) is 0 Å². The van der Waals surface area contributed by atoms with Gasteiger partial charge in [0.25, 0.3) is 0 Å². The molecule has 1 saturated heterocycles. The molecule has 2 aliphatic rings. The van der Waals surface area contributed by atoms with Crippen molar-refractivity contribution >= 4 is 17.5 Å². The van der Waals surface area contributed by atoms with Crippen molar-refractivity contribution in [3.05, 3.63) is 65.2 Å². The van der Waals surface area contributed by atoms with E-state index in [1.807, 2.05) is 42.5 Å². The van der Waals surface area contributed by atoms with Gasteiger partial charge in [-0.3, -0.25) is 14.5 Å². The van der Waals surface area contributed by atoms with Gasteiger partial charge in [0.05, 0.1) is 19.0 Å². The molecule has 0 bridgehead atoms. The minimum absolute atomic E-state index is 0.0287. The van der Waals surface area contributed by atoms with Gasteiger partial charge in [-0.1, -0.05) is 42.8 Å². The normalized spacial score (nSPS) is 19.9. The first-order valence-electron chi connectivity index (χ1n) is 9.68. The maximum Gasteiger partial charge on any atom is 0.238 e. The first-order valence-corrected chi connectivity index (χ1v) is 9.68. The number of benzene rings is 2. The number of carbonyl (C=O) groups excluding carboxylic acids is 2. The second-order valence-corrected chi connectivity index (χ2v) is 7.38. The van der Waals surface area contributed by atoms with Crippen LogP contribution in [-0.4, -0.2) is 36.3 Å². The van der Waals surface area contributed by atoms with Crippen molar-refractivity contribution in [3.63, 3.8) is 0 Å². The van der Waals surface area contributed by atoms with E-state index >= 15 is 0 Å². The molecule has 1 unspecified atom stereocenters. The average molecular weight is 363 g/mol. The molecule has 4 rings (SSSR count). The lowest BCUT2D eigenvalue weighted by molar-refractivity contribution is -0.121. The van der Waals surface area contributed by atoms with Crippen molar-refractivity contribution in [2.75, 3.05) is 25.0 Å². The van der Waals surface area contributed by atoms with Crippen molar-refractivity contribution in [1.82, 2.24) is 10.2 Å². The Balaban J connectivity index is 1.43. The highest BCUT2D eigenvalue weighted by molar-refractivity contribution is 5.92. The Kier molecular flexibility index (Phi) is 5.21. The van der Waals surface area contributed by atoms with Gasteiger partial charge in [-0.15, -0.1) is 0 Å². The summed E-state index contributed by atoms with van der Waals surface area (Å²) >= 11 is 0. The number of likely N-dealkylation sites (tertiary alicyclic amines) is 1. The maximum atomic E-state index is 12.3. The van der Waals surface area contributed by atoms with Crippen molar-refractivity contribution in [1.29, 1.82) is 0 Å². The molecule has 0 aliphatic carbocycles. The van der Waals surface area contributed by atoms with E-state index in [9.17, 15) is 9.59 Å². The van der Waals surface area contributed by atoms with Gasteiger partial charge in [-0.2, -0.15) is 0 Å². The predicted octanol–water partition coefficient (Wildman–Crippen LogP) is 2.87. The highest BCUT2D eigenvalue weighted by Crippen LogP contribution is 2.29. The van der Waals surface area contributed by atoms with Gasteiger partial charge >= 0.3 is 0 Å². The number of amides is 2. The first-order chi connectivity index (χ1) is 13.2. The Morgan fingerprint density at radius 3 is 2.56 bits per heavy atom. The summed E-state index contributed by atoms with van der Waals surface area (Å²) in [6.45, 7) is 2.47. The lowest BCUT2D eigenvalue weighted by Crippen LogP contribution is -2.37. The molecule has 2 amide bonds. The minimum atomic E-state index is -0.138. The number of anilines is 1. The van der Waals surface area contributed by atoms with E-state index in [-0.39, 0.29) is 17.9 Å². The second kappa shape index (κ2) is 7.92. The van der Waals surface area contributed by atoms with Crippen molar-refractivity contribution in [2.45, 2.75) is 31.7 Å². The first kappa shape index (κ1) is 17.7. The molecule has 5 nitrogen and oxygen atoms in total. The van der Waals surface area contributed by atoms with Crippen LogP contribution in [0.3, 0.4) is 0 Å². The number of carbonyl (C=O) groups is 2. The number of hydrogen-bond acceptors (Lipinski definition) is 3. The number of nitrogens with zero attached hydrogens (tertiary/aromatic N) is 1. The van der Waals surface area contributed by atoms with Crippen LogP contribution in [0.1, 0.15) is 42.0 Å². The summed E-state index contributed by atoms with van der Waals surface area (Å²) in [5.74, 6) is 0.0681. The quantitative estimate of drug-likeness (QED) is 0.878. The summed E-state index contributed by atoms with van der Waals surface area (Å²) in [4.78, 5) is 26.5. The fraction of sp³-hybridized carbons (Fsp3) is 0.364. The molecule has 0 saturated carbocycles. The van der Waals surface area contributed by atoms with Crippen LogP contribution in [0, 0.1) is 0 Å². The largest absolute Gasteiger partial charge is 0.345 e. The summed E-state index contributed by atoms with van der Waals surface area (Å²) in [5.41, 5.74) is 4.02. The molecular formula is C22H25N3O2. The summed E-state index contributed by atoms with van der Waals surface area (Å²) in [6.07, 6.45) is 4.05. The van der Waals surface area contributed by atoms with E-state index in [2.05, 4.69) is 21.6 Å². The molecule has 140 valence electrons. The van der Waals surface area contributed by atoms with Crippen molar-refractivity contribution < 1.29 is 9.59 Å². The smallest absolute Gasteiger partial charge is 0.238 e. The van der Waals surface area contributed by atoms with Crippen molar-refractivity contribution in [2.24, 2.45) is 0 Å². The molecule has 1 atom stereocenters. The minimum Gasteiger partial charge on any atom is -0.345 e. The summed E-state index contributed by atoms with van der Waals surface area (Å²) in [7, 11) is 0. The zero-order valence-electron chi connectivity index (χ0n) is 15.4. The van der Waals surface area contributed by atoms with Gasteiger partial charge in [-0.05, 0) is 54.8 Å². The van der Waals surface area contributed by atoms with Crippen LogP contribution in [0.15, 0.2) is 48.5 Å². The molecule has 2 aliphatic heterocycles. The monoisotopic (exact) mass is 363 g/mol. The molecule has 2 aromatic rings. The third kappa shape index (κ3) is 4.19. The van der Waals surface area contributed by atoms with E-state index < -0.39 is 0 Å². The highest BCUT2D eigenvalue weighted by atomic mass is 16.2. The second-order valence-electron chi connectivity index (χ2n) is 7.38. The molecule has 2 heterocycles. The standard InChI is InChI=1S/C22H25N3O2/c26-20-14-17-6-2-3-7-19(17)22(24-20)16-8-10-18(11-9-16)23-21(27)15-25-12-4-1-5-13-25/h2-3,6-11,22H,1,4-5,12-15H2,(H,23,27)(H,24,26). The maximum absolute atomic E-state index is 12.3. The third-order valence-corrected chi connectivity index (χ3v) is 5.37. The zero-order chi connectivity index (χ0) is 18.6. The fourth-order valence-electron chi connectivity index (χ4n) is 3.98. The molecule has 0 radical (unpaired) electrons. The van der Waals surface area contributed by atoms with Gasteiger partial charge in [0.1, 0.15) is 0 Å². The Bertz CT molecular complexity index is 826. The van der Waals surface area contributed by atoms with Gasteiger partial charge in [0, 0.05) is 5.69 Å². The third-order valence-electron chi connectivity index (χ3n) is 5.37. The number of fused-ring (bicyclic) bond motifs is 1. The molecule has 0 spiro atoms. The van der Waals surface area contributed by atoms with Gasteiger partial charge in [-0.25, -0.2) is 0 Å². The molecule has 27 heavy (non-hydrogen) atoms. The van der Waals surface area contributed by atoms with Crippen LogP contribution in [0.4, 0.5) is 5.69 Å². The van der Waals surface area contributed by atoms with Gasteiger partial charge in [0.2, 0.25) is 11.8 Å². The molecular weight excluding hydrogens is 338 g/mol. The van der Waals surface area contributed by atoms with E-state index in [1.165, 1.54) is 19.3 Å². The number of piperidine rings is 1. The predicted molar refractivity (Wildman–Crippen MR) is 105 cm³/mol. The SMILES string of the molecule is O=C(CN1CCCCC1)Nc1ccc(C2NC(=O)Cc3ccccc32)cc1. The summed E-state index contributed by atoms with van der Waals surface area (Å²) in [5, 5.41) is 6.05. The highest BCUT2D eigenvalue weighted by Gasteiger charge is 2.25. The van der Waals surface area contributed by atoms with E-state index in [1.54, 1.807) is 0 Å². The van der Waals surface area contributed by atoms with Crippen LogP contribution in [0.25, 0.3) is 0 Å². The Labute approximate surface area is 159 Å². The van der Waals surface area contributed by atoms with Gasteiger partial charge in [0.15, 0.2) is 0 Å². The Hall–Kier alpha value is -2.66. The fourth-order valence-corrected chi connectivity index (χ4v) is 3.98. The van der Waals surface area contributed by atoms with Crippen LogP contribution < -0.4 is 10.6 Å². The molecule has 0 aromatic heterocycles. The Morgan fingerprint density at radius 2 is 1.78 bits per heavy atom. The van der Waals surface area contributed by atoms with Crippen LogP contribution in [0.2, 0.25) is 0 Å². The lowest BCUT2D eigenvalue weighted by Gasteiger charge is -2.27. The average Bonchev–Trinajstić information content (AvgIpc) is 2.68. The lowest BCUT2D eigenvalue weighted by atomic mass is 9.89. The zero-order valence-corrected chi connectivity index (χ0v) is 15.4.